The van der Waals surface area contributed by atoms with Crippen LogP contribution in [0.1, 0.15) is 27.0 Å². The van der Waals surface area contributed by atoms with Crippen molar-refractivity contribution >= 4 is 17.2 Å². The Morgan fingerprint density at radius 1 is 1.43 bits per heavy atom. The number of halogens is 1. The highest BCUT2D eigenvalue weighted by molar-refractivity contribution is 7.11. The Balaban J connectivity index is 1.75. The first-order chi connectivity index (χ1) is 10.1. The molecule has 21 heavy (non-hydrogen) atoms. The third kappa shape index (κ3) is 2.96. The number of hydrogen-bond donors (Lipinski definition) is 0. The van der Waals surface area contributed by atoms with Crippen molar-refractivity contribution < 1.29 is 13.9 Å². The Kier molecular flexibility index (Phi) is 3.98. The number of amides is 1. The lowest BCUT2D eigenvalue weighted by Crippen LogP contribution is -2.42. The average Bonchev–Trinajstić information content (AvgIpc) is 2.93. The minimum Gasteiger partial charge on any atom is -0.370 e. The van der Waals surface area contributed by atoms with E-state index in [1.807, 2.05) is 6.92 Å². The summed E-state index contributed by atoms with van der Waals surface area (Å²) in [5.74, 6) is -0.284. The summed E-state index contributed by atoms with van der Waals surface area (Å²) in [6, 6.07) is 6.22. The number of hydrogen-bond acceptors (Lipinski definition) is 4. The zero-order chi connectivity index (χ0) is 14.8. The van der Waals surface area contributed by atoms with E-state index in [1.54, 1.807) is 22.5 Å². The van der Waals surface area contributed by atoms with Crippen molar-refractivity contribution in [1.29, 1.82) is 0 Å². The van der Waals surface area contributed by atoms with E-state index in [9.17, 15) is 9.18 Å². The van der Waals surface area contributed by atoms with E-state index < -0.39 is 0 Å². The molecular weight excluding hydrogens is 291 g/mol. The normalized spacial score (nSPS) is 18.8. The van der Waals surface area contributed by atoms with E-state index in [4.69, 9.17) is 4.74 Å². The average molecular weight is 306 g/mol. The third-order valence-electron chi connectivity index (χ3n) is 3.54. The molecule has 0 spiro atoms. The van der Waals surface area contributed by atoms with Gasteiger partial charge in [-0.2, -0.15) is 0 Å². The zero-order valence-corrected chi connectivity index (χ0v) is 12.4. The molecule has 1 fully saturated rings. The van der Waals surface area contributed by atoms with Gasteiger partial charge in [-0.25, -0.2) is 9.37 Å². The van der Waals surface area contributed by atoms with Gasteiger partial charge in [0.05, 0.1) is 24.4 Å². The topological polar surface area (TPSA) is 42.4 Å². The number of nitrogens with zero attached hydrogens (tertiary/aromatic N) is 2. The fourth-order valence-electron chi connectivity index (χ4n) is 2.36. The second kappa shape index (κ2) is 5.91. The number of aryl methyl sites for hydroxylation is 1. The Morgan fingerprint density at radius 2 is 2.19 bits per heavy atom. The number of carbonyl (C=O) groups excluding carboxylic acids is 1. The van der Waals surface area contributed by atoms with E-state index >= 15 is 0 Å². The van der Waals surface area contributed by atoms with Gasteiger partial charge >= 0.3 is 0 Å². The summed E-state index contributed by atoms with van der Waals surface area (Å²) in [6.07, 6.45) is -0.212. The van der Waals surface area contributed by atoms with Crippen LogP contribution in [0, 0.1) is 12.7 Å². The van der Waals surface area contributed by atoms with E-state index in [-0.39, 0.29) is 17.8 Å². The second-order valence-corrected chi connectivity index (χ2v) is 5.78. The monoisotopic (exact) mass is 306 g/mol. The lowest BCUT2D eigenvalue weighted by molar-refractivity contribution is -0.0227. The molecule has 1 aliphatic rings. The molecule has 0 unspecified atom stereocenters. The minimum absolute atomic E-state index is 0.00888. The summed E-state index contributed by atoms with van der Waals surface area (Å²) in [5, 5.41) is 0. The lowest BCUT2D eigenvalue weighted by atomic mass is 10.1. The van der Waals surface area contributed by atoms with Crippen LogP contribution in [-0.2, 0) is 4.74 Å². The van der Waals surface area contributed by atoms with Crippen molar-refractivity contribution in [2.75, 3.05) is 19.7 Å². The zero-order valence-electron chi connectivity index (χ0n) is 11.6. The van der Waals surface area contributed by atoms with Gasteiger partial charge in [0.15, 0.2) is 0 Å². The quantitative estimate of drug-likeness (QED) is 0.857. The minimum atomic E-state index is -0.275. The first-order valence-corrected chi connectivity index (χ1v) is 7.59. The predicted octanol–water partition coefficient (Wildman–Crippen LogP) is 2.80. The van der Waals surface area contributed by atoms with Crippen LogP contribution in [0.25, 0.3) is 0 Å². The Bertz CT molecular complexity index is 641. The number of thiazole rings is 1. The van der Waals surface area contributed by atoms with Gasteiger partial charge in [-0.15, -0.1) is 11.3 Å². The fraction of sp³-hybridized carbons (Fsp3) is 0.333. The number of morpholine rings is 1. The molecule has 0 saturated carbocycles. The van der Waals surface area contributed by atoms with Crippen molar-refractivity contribution in [3.8, 4) is 0 Å². The molecule has 4 nitrogen and oxygen atoms in total. The number of benzene rings is 1. The SMILES string of the molecule is Cc1ncsc1C(=O)N1CCO[C@H](c2ccc(F)cc2)C1. The van der Waals surface area contributed by atoms with Gasteiger partial charge in [0.25, 0.3) is 5.91 Å². The molecule has 1 amide bonds. The van der Waals surface area contributed by atoms with E-state index in [0.717, 1.165) is 11.3 Å². The van der Waals surface area contributed by atoms with E-state index in [0.29, 0.717) is 24.6 Å². The smallest absolute Gasteiger partial charge is 0.266 e. The molecule has 6 heteroatoms. The molecule has 1 aliphatic heterocycles. The maximum absolute atomic E-state index is 13.0. The highest BCUT2D eigenvalue weighted by Crippen LogP contribution is 2.25. The number of ether oxygens (including phenoxy) is 1. The van der Waals surface area contributed by atoms with Crippen molar-refractivity contribution in [3.63, 3.8) is 0 Å². The van der Waals surface area contributed by atoms with Crippen molar-refractivity contribution in [1.82, 2.24) is 9.88 Å². The van der Waals surface area contributed by atoms with Gasteiger partial charge in [0.1, 0.15) is 16.8 Å². The van der Waals surface area contributed by atoms with Gasteiger partial charge in [-0.05, 0) is 24.6 Å². The van der Waals surface area contributed by atoms with Crippen LogP contribution in [-0.4, -0.2) is 35.5 Å². The van der Waals surface area contributed by atoms with Gasteiger partial charge in [-0.1, -0.05) is 12.1 Å². The molecular formula is C15H15FN2O2S. The van der Waals surface area contributed by atoms with Gasteiger partial charge in [-0.3, -0.25) is 4.79 Å². The maximum atomic E-state index is 13.0. The van der Waals surface area contributed by atoms with Crippen LogP contribution in [0.15, 0.2) is 29.8 Å². The molecule has 110 valence electrons. The fourth-order valence-corrected chi connectivity index (χ4v) is 3.13. The maximum Gasteiger partial charge on any atom is 0.266 e. The third-order valence-corrected chi connectivity index (χ3v) is 4.45. The van der Waals surface area contributed by atoms with Gasteiger partial charge in [0.2, 0.25) is 0 Å². The van der Waals surface area contributed by atoms with Crippen LogP contribution in [0.5, 0.6) is 0 Å². The van der Waals surface area contributed by atoms with E-state index in [1.165, 1.54) is 23.5 Å². The number of rotatable bonds is 2. The molecule has 2 aromatic rings. The van der Waals surface area contributed by atoms with Gasteiger partial charge < -0.3 is 9.64 Å². The molecule has 1 aromatic carbocycles. The lowest BCUT2D eigenvalue weighted by Gasteiger charge is -2.33. The summed E-state index contributed by atoms with van der Waals surface area (Å²) in [7, 11) is 0. The number of carbonyl (C=O) groups is 1. The summed E-state index contributed by atoms with van der Waals surface area (Å²) in [5.41, 5.74) is 3.32. The Morgan fingerprint density at radius 3 is 2.86 bits per heavy atom. The second-order valence-electron chi connectivity index (χ2n) is 4.93. The molecule has 2 heterocycles. The molecule has 3 rings (SSSR count). The largest absolute Gasteiger partial charge is 0.370 e. The van der Waals surface area contributed by atoms with Crippen LogP contribution < -0.4 is 0 Å². The van der Waals surface area contributed by atoms with Crippen molar-refractivity contribution in [2.45, 2.75) is 13.0 Å². The highest BCUT2D eigenvalue weighted by Gasteiger charge is 2.27. The predicted molar refractivity (Wildman–Crippen MR) is 77.8 cm³/mol. The van der Waals surface area contributed by atoms with E-state index in [2.05, 4.69) is 4.98 Å². The molecule has 0 N–H and O–H groups in total. The first kappa shape index (κ1) is 14.2. The molecule has 1 aromatic heterocycles. The van der Waals surface area contributed by atoms with Crippen LogP contribution >= 0.6 is 11.3 Å². The molecule has 1 atom stereocenters. The van der Waals surface area contributed by atoms with Crippen molar-refractivity contribution in [2.24, 2.45) is 0 Å². The molecule has 1 saturated heterocycles. The summed E-state index contributed by atoms with van der Waals surface area (Å²) < 4.78 is 18.7. The molecule has 0 radical (unpaired) electrons. The van der Waals surface area contributed by atoms with Crippen LogP contribution in [0.3, 0.4) is 0 Å². The van der Waals surface area contributed by atoms with Crippen LogP contribution in [0.4, 0.5) is 4.39 Å². The molecule has 0 aliphatic carbocycles. The summed E-state index contributed by atoms with van der Waals surface area (Å²) in [4.78, 5) is 19.1. The standard InChI is InChI=1S/C15H15FN2O2S/c1-10-14(21-9-17-10)15(19)18-6-7-20-13(8-18)11-2-4-12(16)5-3-11/h2-5,9,13H,6-8H2,1H3/t13-/m0/s1. The highest BCUT2D eigenvalue weighted by atomic mass is 32.1. The van der Waals surface area contributed by atoms with Crippen molar-refractivity contribution in [3.05, 3.63) is 51.7 Å². The number of aromatic nitrogens is 1. The van der Waals surface area contributed by atoms with Gasteiger partial charge in [0, 0.05) is 6.54 Å². The Labute approximate surface area is 126 Å². The Hall–Kier alpha value is -1.79. The summed E-state index contributed by atoms with van der Waals surface area (Å²) >= 11 is 1.36. The first-order valence-electron chi connectivity index (χ1n) is 6.71. The van der Waals surface area contributed by atoms with Crippen LogP contribution in [0.2, 0.25) is 0 Å². The molecule has 0 bridgehead atoms. The summed E-state index contributed by atoms with van der Waals surface area (Å²) in [6.45, 7) is 3.35.